The van der Waals surface area contributed by atoms with E-state index in [1.54, 1.807) is 0 Å². The van der Waals surface area contributed by atoms with Crippen LogP contribution in [-0.2, 0) is 6.42 Å². The minimum absolute atomic E-state index is 0.247. The third-order valence-corrected chi connectivity index (χ3v) is 2.30. The lowest BCUT2D eigenvalue weighted by atomic mass is 10.1. The van der Waals surface area contributed by atoms with E-state index in [2.05, 4.69) is 10.6 Å². The normalized spacial score (nSPS) is 12.9. The molecular formula is C14H22N2O2. The summed E-state index contributed by atoms with van der Waals surface area (Å²) in [6.07, 6.45) is -0.0329. The molecule has 4 heteroatoms. The Balaban J connectivity index is 2.29. The number of nitrogens with one attached hydrogen (secondary N) is 2. The first-order valence-corrected chi connectivity index (χ1v) is 6.15. The van der Waals surface area contributed by atoms with Crippen molar-refractivity contribution in [3.8, 4) is 0 Å². The van der Waals surface area contributed by atoms with Crippen molar-refractivity contribution in [1.82, 2.24) is 10.6 Å². The van der Waals surface area contributed by atoms with Crippen molar-refractivity contribution in [1.29, 1.82) is 0 Å². The standard InChI is InChI=1S/C14H22N2O2/c1-14(2,3)16-13(18)15-10-12(17)9-11-7-5-4-6-8-11/h4-8,12,17H,9-10H2,1-3H3,(H2,15,16,18)/t12-/m1/s1. The van der Waals surface area contributed by atoms with Crippen molar-refractivity contribution in [3.05, 3.63) is 35.9 Å². The molecule has 0 aliphatic heterocycles. The second-order valence-corrected chi connectivity index (χ2v) is 5.43. The zero-order chi connectivity index (χ0) is 13.6. The van der Waals surface area contributed by atoms with Gasteiger partial charge in [0.2, 0.25) is 0 Å². The van der Waals surface area contributed by atoms with E-state index in [4.69, 9.17) is 0 Å². The van der Waals surface area contributed by atoms with Crippen molar-refractivity contribution in [3.63, 3.8) is 0 Å². The first-order valence-electron chi connectivity index (χ1n) is 6.15. The molecule has 1 aromatic carbocycles. The van der Waals surface area contributed by atoms with Crippen LogP contribution in [0.5, 0.6) is 0 Å². The van der Waals surface area contributed by atoms with Gasteiger partial charge in [-0.05, 0) is 26.3 Å². The molecule has 0 aliphatic carbocycles. The predicted octanol–water partition coefficient (Wildman–Crippen LogP) is 1.69. The summed E-state index contributed by atoms with van der Waals surface area (Å²) in [4.78, 5) is 11.5. The smallest absolute Gasteiger partial charge is 0.315 e. The Kier molecular flexibility index (Phi) is 5.16. The van der Waals surface area contributed by atoms with Gasteiger partial charge in [0.05, 0.1) is 6.10 Å². The van der Waals surface area contributed by atoms with Gasteiger partial charge in [0, 0.05) is 18.5 Å². The molecule has 0 aromatic heterocycles. The quantitative estimate of drug-likeness (QED) is 0.761. The van der Waals surface area contributed by atoms with Gasteiger partial charge in [-0.1, -0.05) is 30.3 Å². The Labute approximate surface area is 108 Å². The van der Waals surface area contributed by atoms with Gasteiger partial charge < -0.3 is 15.7 Å². The maximum Gasteiger partial charge on any atom is 0.315 e. The first kappa shape index (κ1) is 14.5. The largest absolute Gasteiger partial charge is 0.391 e. The first-order chi connectivity index (χ1) is 8.37. The maximum absolute atomic E-state index is 11.5. The number of aliphatic hydroxyl groups is 1. The number of hydrogen-bond donors (Lipinski definition) is 3. The van der Waals surface area contributed by atoms with Gasteiger partial charge in [-0.2, -0.15) is 0 Å². The Morgan fingerprint density at radius 1 is 1.28 bits per heavy atom. The highest BCUT2D eigenvalue weighted by molar-refractivity contribution is 5.74. The SMILES string of the molecule is CC(C)(C)NC(=O)NC[C@H](O)Cc1ccccc1. The van der Waals surface area contributed by atoms with Gasteiger partial charge in [0.15, 0.2) is 0 Å². The summed E-state index contributed by atoms with van der Waals surface area (Å²) in [5, 5.41) is 15.2. The lowest BCUT2D eigenvalue weighted by molar-refractivity contribution is 0.169. The number of aliphatic hydroxyl groups excluding tert-OH is 1. The molecule has 0 aliphatic rings. The summed E-state index contributed by atoms with van der Waals surface area (Å²) >= 11 is 0. The summed E-state index contributed by atoms with van der Waals surface area (Å²) in [5.41, 5.74) is 0.789. The van der Waals surface area contributed by atoms with Gasteiger partial charge in [-0.3, -0.25) is 0 Å². The fraction of sp³-hybridized carbons (Fsp3) is 0.500. The molecule has 1 rings (SSSR count). The van der Waals surface area contributed by atoms with Crippen molar-refractivity contribution in [2.45, 2.75) is 38.8 Å². The molecule has 1 aromatic rings. The van der Waals surface area contributed by atoms with Gasteiger partial charge in [-0.15, -0.1) is 0 Å². The van der Waals surface area contributed by atoms with E-state index in [0.29, 0.717) is 6.42 Å². The highest BCUT2D eigenvalue weighted by atomic mass is 16.3. The number of carbonyl (C=O) groups is 1. The molecule has 0 unspecified atom stereocenters. The van der Waals surface area contributed by atoms with Crippen LogP contribution >= 0.6 is 0 Å². The van der Waals surface area contributed by atoms with Crippen LogP contribution in [-0.4, -0.2) is 29.3 Å². The van der Waals surface area contributed by atoms with Crippen LogP contribution in [0, 0.1) is 0 Å². The van der Waals surface area contributed by atoms with Crippen molar-refractivity contribution < 1.29 is 9.90 Å². The summed E-state index contributed by atoms with van der Waals surface area (Å²) in [6, 6.07) is 9.46. The lowest BCUT2D eigenvalue weighted by Gasteiger charge is -2.21. The summed E-state index contributed by atoms with van der Waals surface area (Å²) in [7, 11) is 0. The minimum Gasteiger partial charge on any atom is -0.391 e. The number of rotatable bonds is 4. The van der Waals surface area contributed by atoms with Crippen LogP contribution in [0.15, 0.2) is 30.3 Å². The van der Waals surface area contributed by atoms with Gasteiger partial charge in [-0.25, -0.2) is 4.79 Å². The number of amides is 2. The third-order valence-electron chi connectivity index (χ3n) is 2.30. The Morgan fingerprint density at radius 2 is 1.89 bits per heavy atom. The van der Waals surface area contributed by atoms with Gasteiger partial charge in [0.25, 0.3) is 0 Å². The zero-order valence-electron chi connectivity index (χ0n) is 11.2. The minimum atomic E-state index is -0.571. The maximum atomic E-state index is 11.5. The number of hydrogen-bond acceptors (Lipinski definition) is 2. The summed E-state index contributed by atoms with van der Waals surface area (Å²) < 4.78 is 0. The van der Waals surface area contributed by atoms with E-state index in [1.807, 2.05) is 51.1 Å². The predicted molar refractivity (Wildman–Crippen MR) is 72.4 cm³/mol. The fourth-order valence-corrected chi connectivity index (χ4v) is 1.55. The van der Waals surface area contributed by atoms with E-state index < -0.39 is 6.10 Å². The molecule has 2 amide bonds. The zero-order valence-corrected chi connectivity index (χ0v) is 11.2. The van der Waals surface area contributed by atoms with Gasteiger partial charge >= 0.3 is 6.03 Å². The number of benzene rings is 1. The lowest BCUT2D eigenvalue weighted by Crippen LogP contribution is -2.48. The van der Waals surface area contributed by atoms with E-state index >= 15 is 0 Å². The van der Waals surface area contributed by atoms with Crippen LogP contribution in [0.2, 0.25) is 0 Å². The molecule has 0 saturated carbocycles. The average Bonchev–Trinajstić information content (AvgIpc) is 2.25. The van der Waals surface area contributed by atoms with Crippen LogP contribution in [0.3, 0.4) is 0 Å². The number of carbonyl (C=O) groups excluding carboxylic acids is 1. The highest BCUT2D eigenvalue weighted by Gasteiger charge is 2.14. The van der Waals surface area contributed by atoms with Crippen LogP contribution < -0.4 is 10.6 Å². The molecule has 0 heterocycles. The summed E-state index contributed by atoms with van der Waals surface area (Å²) in [5.74, 6) is 0. The molecule has 18 heavy (non-hydrogen) atoms. The van der Waals surface area contributed by atoms with E-state index in [0.717, 1.165) is 5.56 Å². The number of urea groups is 1. The fourth-order valence-electron chi connectivity index (χ4n) is 1.55. The highest BCUT2D eigenvalue weighted by Crippen LogP contribution is 2.02. The Morgan fingerprint density at radius 3 is 2.44 bits per heavy atom. The topological polar surface area (TPSA) is 61.4 Å². The average molecular weight is 250 g/mol. The Hall–Kier alpha value is -1.55. The van der Waals surface area contributed by atoms with Crippen LogP contribution in [0.25, 0.3) is 0 Å². The summed E-state index contributed by atoms with van der Waals surface area (Å²) in [6.45, 7) is 5.98. The van der Waals surface area contributed by atoms with E-state index in [-0.39, 0.29) is 18.1 Å². The molecule has 1 atom stereocenters. The van der Waals surface area contributed by atoms with E-state index in [1.165, 1.54) is 0 Å². The molecule has 0 fully saturated rings. The molecule has 100 valence electrons. The molecule has 0 saturated heterocycles. The Bertz CT molecular complexity index is 371. The molecule has 4 nitrogen and oxygen atoms in total. The van der Waals surface area contributed by atoms with Gasteiger partial charge in [0.1, 0.15) is 0 Å². The van der Waals surface area contributed by atoms with Crippen molar-refractivity contribution in [2.75, 3.05) is 6.54 Å². The van der Waals surface area contributed by atoms with Crippen LogP contribution in [0.1, 0.15) is 26.3 Å². The molecule has 0 spiro atoms. The van der Waals surface area contributed by atoms with Crippen molar-refractivity contribution in [2.24, 2.45) is 0 Å². The third kappa shape index (κ3) is 6.25. The molecule has 3 N–H and O–H groups in total. The molecule has 0 bridgehead atoms. The second-order valence-electron chi connectivity index (χ2n) is 5.43. The molecular weight excluding hydrogens is 228 g/mol. The molecule has 0 radical (unpaired) electrons. The monoisotopic (exact) mass is 250 g/mol. The van der Waals surface area contributed by atoms with Crippen LogP contribution in [0.4, 0.5) is 4.79 Å². The van der Waals surface area contributed by atoms with E-state index in [9.17, 15) is 9.90 Å². The van der Waals surface area contributed by atoms with Crippen molar-refractivity contribution >= 4 is 6.03 Å². The second kappa shape index (κ2) is 6.40.